The zero-order chi connectivity index (χ0) is 44.7. The van der Waals surface area contributed by atoms with Crippen LogP contribution in [0.3, 0.4) is 0 Å². The van der Waals surface area contributed by atoms with Crippen LogP contribution in [0.2, 0.25) is 0 Å². The van der Waals surface area contributed by atoms with E-state index < -0.39 is 43.2 Å². The first-order valence-corrected chi connectivity index (χ1v) is 23.1. The van der Waals surface area contributed by atoms with Crippen molar-refractivity contribution in [3.05, 3.63) is 72.3 Å². The Hall–Kier alpha value is -6.13. The summed E-state index contributed by atoms with van der Waals surface area (Å²) in [5, 5.41) is 8.88. The van der Waals surface area contributed by atoms with Crippen molar-refractivity contribution in [3.63, 3.8) is 0 Å². The molecule has 2 atom stereocenters. The Labute approximate surface area is 354 Å². The SMILES string of the molecule is CC(C)(C)OC(=O)NC1CCCN(c2cnc(C(N)=O)c(Nc3ccc(S(C)(=O)=O)cc3)n2)C1.CS(=O)(=O)c1ccc(Nc2nc(N3CCCC(N)C3)cnc2C(N)=O)cc1. The van der Waals surface area contributed by atoms with Gasteiger partial charge in [-0.25, -0.2) is 41.6 Å². The highest BCUT2D eigenvalue weighted by atomic mass is 32.2. The maximum atomic E-state index is 12.2. The highest BCUT2D eigenvalue weighted by molar-refractivity contribution is 7.91. The van der Waals surface area contributed by atoms with Crippen LogP contribution in [0.15, 0.2) is 70.7 Å². The zero-order valence-electron chi connectivity index (χ0n) is 34.6. The minimum atomic E-state index is -3.33. The maximum absolute atomic E-state index is 12.2. The van der Waals surface area contributed by atoms with Gasteiger partial charge >= 0.3 is 6.09 Å². The third-order valence-corrected chi connectivity index (χ3v) is 11.6. The standard InChI is InChI=1S/C22H30N6O5S.C17H22N6O3S/c1-22(2,3)33-21(30)26-15-6-5-11-28(13-15)17-12-24-18(19(23)29)20(27-17)25-14-7-9-16(10-8-14)34(4,31)32;1-27(25,26)13-6-4-12(5-7-13)21-17-15(16(19)24)20-9-14(22-17)23-8-2-3-11(18)10-23/h7-10,12,15H,5-6,11,13H2,1-4H3,(H2,23,29)(H,25,27)(H,26,30);4-7,9,11H,2-3,8,10,18H2,1H3,(H2,19,24)(H,21,22). The van der Waals surface area contributed by atoms with E-state index in [0.717, 1.165) is 44.7 Å². The molecule has 4 aromatic rings. The molecule has 0 radical (unpaired) electrons. The fourth-order valence-corrected chi connectivity index (χ4v) is 7.70. The highest BCUT2D eigenvalue weighted by Crippen LogP contribution is 2.26. The Kier molecular flexibility index (Phi) is 14.4. The molecule has 2 aliphatic heterocycles. The van der Waals surface area contributed by atoms with Crippen LogP contribution in [-0.2, 0) is 24.4 Å². The van der Waals surface area contributed by atoms with Gasteiger partial charge in [-0.1, -0.05) is 0 Å². The van der Waals surface area contributed by atoms with E-state index in [1.807, 2.05) is 9.80 Å². The summed E-state index contributed by atoms with van der Waals surface area (Å²) >= 11 is 0. The number of carbonyl (C=O) groups excluding carboxylic acids is 3. The van der Waals surface area contributed by atoms with Gasteiger partial charge in [0.15, 0.2) is 42.7 Å². The third-order valence-electron chi connectivity index (χ3n) is 9.32. The van der Waals surface area contributed by atoms with Gasteiger partial charge in [-0.15, -0.1) is 0 Å². The van der Waals surface area contributed by atoms with Crippen LogP contribution in [-0.4, -0.2) is 111 Å². The summed E-state index contributed by atoms with van der Waals surface area (Å²) in [4.78, 5) is 57.5. The molecule has 3 amide bonds. The number of rotatable bonds is 11. The summed E-state index contributed by atoms with van der Waals surface area (Å²) in [6, 6.07) is 12.1. The molecule has 0 spiro atoms. The lowest BCUT2D eigenvalue weighted by Gasteiger charge is -2.34. The minimum absolute atomic E-state index is 0.00671. The average Bonchev–Trinajstić information content (AvgIpc) is 3.17. The lowest BCUT2D eigenvalue weighted by Crippen LogP contribution is -2.49. The molecule has 2 saturated heterocycles. The molecule has 328 valence electrons. The Morgan fingerprint density at radius 2 is 1.13 bits per heavy atom. The number of primary amides is 2. The number of hydrogen-bond donors (Lipinski definition) is 6. The van der Waals surface area contributed by atoms with E-state index in [1.165, 1.54) is 36.7 Å². The van der Waals surface area contributed by atoms with Crippen molar-refractivity contribution < 1.29 is 36.0 Å². The predicted molar refractivity (Wildman–Crippen MR) is 231 cm³/mol. The van der Waals surface area contributed by atoms with Crippen LogP contribution in [0.4, 0.5) is 39.4 Å². The van der Waals surface area contributed by atoms with Gasteiger partial charge in [-0.05, 0) is 95.0 Å². The van der Waals surface area contributed by atoms with Crippen molar-refractivity contribution in [3.8, 4) is 0 Å². The number of nitrogens with one attached hydrogen (secondary N) is 3. The molecule has 2 unspecified atom stereocenters. The number of sulfone groups is 2. The van der Waals surface area contributed by atoms with Crippen LogP contribution in [0.1, 0.15) is 67.4 Å². The number of amides is 3. The molecular formula is C39H52N12O8S2. The number of nitrogens with two attached hydrogens (primary N) is 3. The first-order chi connectivity index (χ1) is 28.6. The first-order valence-electron chi connectivity index (χ1n) is 19.3. The summed E-state index contributed by atoms with van der Waals surface area (Å²) in [5.74, 6) is 0.0176. The van der Waals surface area contributed by atoms with E-state index in [1.54, 1.807) is 45.0 Å². The van der Waals surface area contributed by atoms with Gasteiger partial charge in [0.1, 0.15) is 17.2 Å². The minimum Gasteiger partial charge on any atom is -0.444 e. The largest absolute Gasteiger partial charge is 0.444 e. The van der Waals surface area contributed by atoms with E-state index in [0.29, 0.717) is 42.6 Å². The topological polar surface area (TPSA) is 301 Å². The van der Waals surface area contributed by atoms with E-state index in [4.69, 9.17) is 21.9 Å². The van der Waals surface area contributed by atoms with E-state index in [2.05, 4.69) is 35.9 Å². The molecule has 0 aliphatic carbocycles. The van der Waals surface area contributed by atoms with E-state index in [9.17, 15) is 31.2 Å². The number of ether oxygens (including phenoxy) is 1. The molecule has 2 aliphatic rings. The Morgan fingerprint density at radius 1 is 0.705 bits per heavy atom. The Morgan fingerprint density at radius 3 is 1.52 bits per heavy atom. The third kappa shape index (κ3) is 13.2. The van der Waals surface area contributed by atoms with Crippen LogP contribution in [0, 0.1) is 0 Å². The lowest BCUT2D eigenvalue weighted by molar-refractivity contribution is 0.0499. The van der Waals surface area contributed by atoms with E-state index in [-0.39, 0.29) is 44.9 Å². The van der Waals surface area contributed by atoms with Gasteiger partial charge < -0.3 is 47.7 Å². The maximum Gasteiger partial charge on any atom is 0.407 e. The predicted octanol–water partition coefficient (Wildman–Crippen LogP) is 2.87. The van der Waals surface area contributed by atoms with Gasteiger partial charge in [0, 0.05) is 62.1 Å². The Balaban J connectivity index is 0.000000237. The van der Waals surface area contributed by atoms with E-state index >= 15 is 0 Å². The van der Waals surface area contributed by atoms with Gasteiger partial charge in [0.25, 0.3) is 11.8 Å². The molecule has 9 N–H and O–H groups in total. The molecule has 22 heteroatoms. The molecule has 61 heavy (non-hydrogen) atoms. The number of carbonyl (C=O) groups is 3. The molecule has 0 saturated carbocycles. The summed E-state index contributed by atoms with van der Waals surface area (Å²) in [6.07, 6.45) is 8.28. The Bertz CT molecular complexity index is 2450. The van der Waals surface area contributed by atoms with Crippen molar-refractivity contribution in [2.45, 2.75) is 73.9 Å². The second-order valence-electron chi connectivity index (χ2n) is 15.7. The van der Waals surface area contributed by atoms with Crippen LogP contribution in [0.5, 0.6) is 0 Å². The highest BCUT2D eigenvalue weighted by Gasteiger charge is 2.27. The van der Waals surface area contributed by atoms with Crippen molar-refractivity contribution in [1.29, 1.82) is 0 Å². The quantitative estimate of drug-likeness (QED) is 0.126. The fraction of sp³-hybridized carbons (Fsp3) is 0.410. The molecule has 4 heterocycles. The number of hydrogen-bond acceptors (Lipinski definition) is 17. The number of aromatic nitrogens is 4. The van der Waals surface area contributed by atoms with Crippen molar-refractivity contribution in [2.75, 3.05) is 59.1 Å². The van der Waals surface area contributed by atoms with Gasteiger partial charge in [0.2, 0.25) is 0 Å². The summed E-state index contributed by atoms with van der Waals surface area (Å²) in [5.41, 5.74) is 17.4. The van der Waals surface area contributed by atoms with Gasteiger partial charge in [-0.3, -0.25) is 9.59 Å². The summed E-state index contributed by atoms with van der Waals surface area (Å²) < 4.78 is 51.9. The lowest BCUT2D eigenvalue weighted by atomic mass is 10.1. The molecule has 6 rings (SSSR count). The summed E-state index contributed by atoms with van der Waals surface area (Å²) in [7, 11) is -6.62. The molecular weight excluding hydrogens is 829 g/mol. The van der Waals surface area contributed by atoms with Crippen molar-refractivity contribution in [2.24, 2.45) is 17.2 Å². The average molecular weight is 881 g/mol. The second-order valence-corrected chi connectivity index (χ2v) is 19.7. The normalized spacial score (nSPS) is 17.0. The van der Waals surface area contributed by atoms with Crippen LogP contribution >= 0.6 is 0 Å². The van der Waals surface area contributed by atoms with Gasteiger partial charge in [0.05, 0.1) is 22.2 Å². The second kappa shape index (κ2) is 19.1. The number of alkyl carbamates (subject to hydrolysis) is 1. The first kappa shape index (κ1) is 45.9. The molecule has 2 aromatic carbocycles. The molecule has 2 aromatic heterocycles. The fourth-order valence-electron chi connectivity index (χ4n) is 6.44. The number of benzene rings is 2. The molecule has 0 bridgehead atoms. The monoisotopic (exact) mass is 880 g/mol. The van der Waals surface area contributed by atoms with Crippen LogP contribution < -0.4 is 43.0 Å². The summed E-state index contributed by atoms with van der Waals surface area (Å²) in [6.45, 7) is 8.07. The van der Waals surface area contributed by atoms with Crippen molar-refractivity contribution in [1.82, 2.24) is 25.3 Å². The number of piperidine rings is 2. The molecule has 20 nitrogen and oxygen atoms in total. The number of nitrogens with zero attached hydrogens (tertiary/aromatic N) is 6. The number of anilines is 6. The van der Waals surface area contributed by atoms with Gasteiger partial charge in [-0.2, -0.15) is 0 Å². The van der Waals surface area contributed by atoms with Crippen LogP contribution in [0.25, 0.3) is 0 Å². The smallest absolute Gasteiger partial charge is 0.407 e. The molecule has 2 fully saturated rings. The zero-order valence-corrected chi connectivity index (χ0v) is 36.2. The van der Waals surface area contributed by atoms with Crippen molar-refractivity contribution >= 4 is 72.2 Å².